The Morgan fingerprint density at radius 3 is 2.53 bits per heavy atom. The van der Waals surface area contributed by atoms with Crippen molar-refractivity contribution < 1.29 is 18.7 Å². The molecule has 0 saturated heterocycles. The van der Waals surface area contributed by atoms with Crippen LogP contribution in [0.5, 0.6) is 5.75 Å². The third kappa shape index (κ3) is 4.98. The van der Waals surface area contributed by atoms with Crippen molar-refractivity contribution in [3.8, 4) is 5.75 Å². The number of amides is 2. The molecule has 1 aromatic heterocycles. The standard InChI is InChI=1S/C27H30FN3O3/c1-19(2)31(25(32)16-20-9-11-23(34-3)12-10-20)18-26(33)30-15-14-29-13-5-8-24(29)27(30)21-6-4-7-22(28)17-21/h4-13,17,19,27H,14-16,18H2,1-3H3. The highest BCUT2D eigenvalue weighted by Gasteiger charge is 2.34. The lowest BCUT2D eigenvalue weighted by molar-refractivity contribution is -0.143. The molecule has 6 nitrogen and oxygen atoms in total. The molecule has 178 valence electrons. The molecule has 0 saturated carbocycles. The summed E-state index contributed by atoms with van der Waals surface area (Å²) < 4.78 is 21.3. The minimum Gasteiger partial charge on any atom is -0.497 e. The van der Waals surface area contributed by atoms with Crippen LogP contribution in [0.3, 0.4) is 0 Å². The summed E-state index contributed by atoms with van der Waals surface area (Å²) in [7, 11) is 1.60. The van der Waals surface area contributed by atoms with Gasteiger partial charge in [-0.2, -0.15) is 0 Å². The van der Waals surface area contributed by atoms with Crippen LogP contribution in [0.15, 0.2) is 66.9 Å². The molecule has 1 aliphatic rings. The first-order valence-corrected chi connectivity index (χ1v) is 11.5. The van der Waals surface area contributed by atoms with Gasteiger partial charge in [0.2, 0.25) is 11.8 Å². The van der Waals surface area contributed by atoms with Crippen LogP contribution in [0.4, 0.5) is 4.39 Å². The lowest BCUT2D eigenvalue weighted by Crippen LogP contribution is -2.49. The van der Waals surface area contributed by atoms with Gasteiger partial charge in [-0.05, 0) is 61.4 Å². The molecule has 1 unspecified atom stereocenters. The second-order valence-corrected chi connectivity index (χ2v) is 8.81. The summed E-state index contributed by atoms with van der Waals surface area (Å²) >= 11 is 0. The van der Waals surface area contributed by atoms with Gasteiger partial charge < -0.3 is 19.1 Å². The van der Waals surface area contributed by atoms with E-state index in [0.29, 0.717) is 18.7 Å². The number of hydrogen-bond acceptors (Lipinski definition) is 3. The van der Waals surface area contributed by atoms with Crippen LogP contribution in [0.2, 0.25) is 0 Å². The first-order valence-electron chi connectivity index (χ1n) is 11.5. The van der Waals surface area contributed by atoms with Crippen LogP contribution in [0.1, 0.15) is 36.7 Å². The van der Waals surface area contributed by atoms with E-state index in [2.05, 4.69) is 4.57 Å². The molecule has 0 bridgehead atoms. The van der Waals surface area contributed by atoms with Gasteiger partial charge in [-0.15, -0.1) is 0 Å². The molecular weight excluding hydrogens is 433 g/mol. The van der Waals surface area contributed by atoms with Gasteiger partial charge in [-0.3, -0.25) is 9.59 Å². The number of aromatic nitrogens is 1. The highest BCUT2D eigenvalue weighted by Crippen LogP contribution is 2.33. The van der Waals surface area contributed by atoms with Crippen LogP contribution in [0, 0.1) is 5.82 Å². The Kier molecular flexibility index (Phi) is 7.01. The molecule has 1 aliphatic heterocycles. The summed E-state index contributed by atoms with van der Waals surface area (Å²) in [4.78, 5) is 30.1. The highest BCUT2D eigenvalue weighted by molar-refractivity contribution is 5.86. The smallest absolute Gasteiger partial charge is 0.243 e. The maximum atomic E-state index is 14.1. The maximum Gasteiger partial charge on any atom is 0.243 e. The van der Waals surface area contributed by atoms with E-state index < -0.39 is 6.04 Å². The fourth-order valence-electron chi connectivity index (χ4n) is 4.49. The molecule has 1 atom stereocenters. The summed E-state index contributed by atoms with van der Waals surface area (Å²) in [6, 6.07) is 17.1. The monoisotopic (exact) mass is 463 g/mol. The lowest BCUT2D eigenvalue weighted by atomic mass is 9.99. The second-order valence-electron chi connectivity index (χ2n) is 8.81. The minimum absolute atomic E-state index is 0.0286. The molecule has 0 N–H and O–H groups in total. The normalized spacial score (nSPS) is 15.2. The van der Waals surface area contributed by atoms with Crippen molar-refractivity contribution in [1.29, 1.82) is 0 Å². The van der Waals surface area contributed by atoms with E-state index in [1.165, 1.54) is 12.1 Å². The molecule has 34 heavy (non-hydrogen) atoms. The number of fused-ring (bicyclic) bond motifs is 1. The highest BCUT2D eigenvalue weighted by atomic mass is 19.1. The number of benzene rings is 2. The molecule has 0 radical (unpaired) electrons. The van der Waals surface area contributed by atoms with Crippen molar-refractivity contribution in [2.75, 3.05) is 20.2 Å². The Labute approximate surface area is 199 Å². The van der Waals surface area contributed by atoms with E-state index in [1.54, 1.807) is 23.0 Å². The zero-order chi connectivity index (χ0) is 24.2. The van der Waals surface area contributed by atoms with E-state index in [1.807, 2.05) is 62.5 Å². The van der Waals surface area contributed by atoms with Crippen LogP contribution in [0.25, 0.3) is 0 Å². The van der Waals surface area contributed by atoms with Gasteiger partial charge in [0.05, 0.1) is 19.6 Å². The van der Waals surface area contributed by atoms with Gasteiger partial charge in [-0.25, -0.2) is 4.39 Å². The van der Waals surface area contributed by atoms with Crippen molar-refractivity contribution in [3.63, 3.8) is 0 Å². The van der Waals surface area contributed by atoms with Gasteiger partial charge in [0.15, 0.2) is 0 Å². The largest absolute Gasteiger partial charge is 0.497 e. The van der Waals surface area contributed by atoms with Crippen LogP contribution in [-0.4, -0.2) is 52.4 Å². The Hall–Kier alpha value is -3.61. The summed E-state index contributed by atoms with van der Waals surface area (Å²) in [5, 5.41) is 0. The molecule has 2 amide bonds. The number of ether oxygens (including phenoxy) is 1. The molecule has 0 fully saturated rings. The number of nitrogens with zero attached hydrogens (tertiary/aromatic N) is 3. The lowest BCUT2D eigenvalue weighted by Gasteiger charge is -2.39. The van der Waals surface area contributed by atoms with E-state index >= 15 is 0 Å². The Morgan fingerprint density at radius 2 is 1.85 bits per heavy atom. The number of hydrogen-bond donors (Lipinski definition) is 0. The maximum absolute atomic E-state index is 14.1. The van der Waals surface area contributed by atoms with E-state index in [4.69, 9.17) is 4.74 Å². The van der Waals surface area contributed by atoms with E-state index in [0.717, 1.165) is 17.0 Å². The van der Waals surface area contributed by atoms with Crippen LogP contribution >= 0.6 is 0 Å². The predicted octanol–water partition coefficient (Wildman–Crippen LogP) is 4.05. The molecule has 2 heterocycles. The van der Waals surface area contributed by atoms with Gasteiger partial charge in [0.25, 0.3) is 0 Å². The SMILES string of the molecule is COc1ccc(CC(=O)N(CC(=O)N2CCn3cccc3C2c2cccc(F)c2)C(C)C)cc1. The molecular formula is C27H30FN3O3. The van der Waals surface area contributed by atoms with Crippen molar-refractivity contribution >= 4 is 11.8 Å². The number of methoxy groups -OCH3 is 1. The Bertz CT molecular complexity index is 1160. The summed E-state index contributed by atoms with van der Waals surface area (Å²) in [6.07, 6.45) is 2.17. The average molecular weight is 464 g/mol. The summed E-state index contributed by atoms with van der Waals surface area (Å²) in [5.41, 5.74) is 2.51. The number of rotatable bonds is 7. The van der Waals surface area contributed by atoms with Gasteiger partial charge in [-0.1, -0.05) is 24.3 Å². The number of halogens is 1. The third-order valence-electron chi connectivity index (χ3n) is 6.29. The zero-order valence-corrected chi connectivity index (χ0v) is 19.8. The number of carbonyl (C=O) groups is 2. The minimum atomic E-state index is -0.405. The van der Waals surface area contributed by atoms with Gasteiger partial charge in [0.1, 0.15) is 18.1 Å². The van der Waals surface area contributed by atoms with Gasteiger partial charge in [0, 0.05) is 31.0 Å². The molecule has 3 aromatic rings. The summed E-state index contributed by atoms with van der Waals surface area (Å²) in [6.45, 7) is 4.93. The van der Waals surface area contributed by atoms with Crippen LogP contribution < -0.4 is 4.74 Å². The molecule has 0 spiro atoms. The molecule has 4 rings (SSSR count). The Balaban J connectivity index is 1.55. The fourth-order valence-corrected chi connectivity index (χ4v) is 4.49. The first-order chi connectivity index (χ1) is 16.4. The van der Waals surface area contributed by atoms with Crippen LogP contribution in [-0.2, 0) is 22.6 Å². The fraction of sp³-hybridized carbons (Fsp3) is 0.333. The van der Waals surface area contributed by atoms with Gasteiger partial charge >= 0.3 is 0 Å². The van der Waals surface area contributed by atoms with Crippen molar-refractivity contribution in [2.45, 2.75) is 38.9 Å². The second kappa shape index (κ2) is 10.1. The average Bonchev–Trinajstić information content (AvgIpc) is 3.31. The topological polar surface area (TPSA) is 54.8 Å². The van der Waals surface area contributed by atoms with Crippen molar-refractivity contribution in [2.24, 2.45) is 0 Å². The zero-order valence-electron chi connectivity index (χ0n) is 19.8. The number of carbonyl (C=O) groups excluding carboxylic acids is 2. The third-order valence-corrected chi connectivity index (χ3v) is 6.29. The molecule has 0 aliphatic carbocycles. The predicted molar refractivity (Wildman–Crippen MR) is 128 cm³/mol. The van der Waals surface area contributed by atoms with Crippen molar-refractivity contribution in [1.82, 2.24) is 14.4 Å². The summed E-state index contributed by atoms with van der Waals surface area (Å²) in [5.74, 6) is 0.118. The molecule has 7 heteroatoms. The molecule has 2 aromatic carbocycles. The quantitative estimate of drug-likeness (QED) is 0.531. The van der Waals surface area contributed by atoms with E-state index in [-0.39, 0.29) is 36.6 Å². The van der Waals surface area contributed by atoms with Crippen molar-refractivity contribution in [3.05, 3.63) is 89.5 Å². The van der Waals surface area contributed by atoms with E-state index in [9.17, 15) is 14.0 Å². The Morgan fingerprint density at radius 1 is 1.09 bits per heavy atom. The first kappa shape index (κ1) is 23.5.